The average molecular weight is 398 g/mol. The largest absolute Gasteiger partial charge is 0.285 e. The first-order chi connectivity index (χ1) is 15.2. The molecule has 1 aromatic heterocycles. The fourth-order valence-electron chi connectivity index (χ4n) is 4.15. The summed E-state index contributed by atoms with van der Waals surface area (Å²) in [6, 6.07) is 26.3. The molecular formula is C27H14N2O2. The number of hydrogen-bond donors (Lipinski definition) is 0. The van der Waals surface area contributed by atoms with Crippen molar-refractivity contribution >= 4 is 27.5 Å². The van der Waals surface area contributed by atoms with Crippen LogP contribution in [0.25, 0.3) is 27.4 Å². The summed E-state index contributed by atoms with van der Waals surface area (Å²) in [4.78, 5) is 31.1. The van der Waals surface area contributed by atoms with Gasteiger partial charge in [0.2, 0.25) is 5.78 Å². The van der Waals surface area contributed by atoms with E-state index in [4.69, 9.17) is 0 Å². The minimum Gasteiger partial charge on any atom is -0.285 e. The maximum absolute atomic E-state index is 13.3. The van der Waals surface area contributed by atoms with Crippen LogP contribution in [0, 0.1) is 11.8 Å². The monoisotopic (exact) mass is 398 g/mol. The van der Waals surface area contributed by atoms with Gasteiger partial charge in [0.15, 0.2) is 5.82 Å². The van der Waals surface area contributed by atoms with Crippen molar-refractivity contribution in [2.24, 2.45) is 0 Å². The molecule has 0 radical (unpaired) electrons. The van der Waals surface area contributed by atoms with Crippen LogP contribution in [-0.2, 0) is 0 Å². The Labute approximate surface area is 177 Å². The molecule has 0 saturated carbocycles. The highest BCUT2D eigenvalue weighted by Gasteiger charge is 2.32. The third-order valence-corrected chi connectivity index (χ3v) is 5.58. The molecule has 0 fully saturated rings. The topological polar surface area (TPSA) is 52.0 Å². The number of benzene rings is 4. The van der Waals surface area contributed by atoms with E-state index in [1.54, 1.807) is 24.3 Å². The summed E-state index contributed by atoms with van der Waals surface area (Å²) >= 11 is 0. The predicted octanol–water partition coefficient (Wildman–Crippen LogP) is 4.48. The first-order valence-corrected chi connectivity index (χ1v) is 9.92. The lowest BCUT2D eigenvalue weighted by atomic mass is 9.98. The highest BCUT2D eigenvalue weighted by atomic mass is 16.1. The van der Waals surface area contributed by atoms with Gasteiger partial charge in [-0.25, -0.2) is 4.98 Å². The maximum Gasteiger partial charge on any atom is 0.266 e. The van der Waals surface area contributed by atoms with E-state index >= 15 is 0 Å². The Kier molecular flexibility index (Phi) is 3.65. The molecule has 0 N–H and O–H groups in total. The van der Waals surface area contributed by atoms with Crippen molar-refractivity contribution in [3.05, 3.63) is 118 Å². The van der Waals surface area contributed by atoms with E-state index in [9.17, 15) is 9.59 Å². The van der Waals surface area contributed by atoms with Gasteiger partial charge in [0, 0.05) is 16.5 Å². The van der Waals surface area contributed by atoms with Gasteiger partial charge in [-0.2, -0.15) is 0 Å². The number of hydrogen-bond acceptors (Lipinski definition) is 3. The minimum atomic E-state index is -0.258. The lowest BCUT2D eigenvalue weighted by Crippen LogP contribution is -2.21. The van der Waals surface area contributed by atoms with E-state index in [1.165, 1.54) is 4.57 Å². The number of para-hydroxylation sites is 1. The third kappa shape index (κ3) is 2.54. The summed E-state index contributed by atoms with van der Waals surface area (Å²) in [5.74, 6) is 6.28. The fourth-order valence-corrected chi connectivity index (χ4v) is 4.15. The van der Waals surface area contributed by atoms with Gasteiger partial charge in [-0.15, -0.1) is 0 Å². The van der Waals surface area contributed by atoms with Gasteiger partial charge in [-0.05, 0) is 35.7 Å². The molecule has 0 atom stereocenters. The van der Waals surface area contributed by atoms with E-state index in [0.717, 1.165) is 21.9 Å². The zero-order chi connectivity index (χ0) is 20.9. The predicted molar refractivity (Wildman–Crippen MR) is 121 cm³/mol. The number of carbonyl (C=O) groups excluding carboxylic acids is 1. The number of aromatic nitrogens is 2. The molecule has 4 aromatic carbocycles. The number of ketones is 1. The van der Waals surface area contributed by atoms with E-state index < -0.39 is 0 Å². The van der Waals surface area contributed by atoms with Gasteiger partial charge in [-0.3, -0.25) is 14.2 Å². The van der Waals surface area contributed by atoms with Crippen molar-refractivity contribution in [3.63, 3.8) is 0 Å². The molecule has 4 heteroatoms. The van der Waals surface area contributed by atoms with E-state index in [1.807, 2.05) is 60.7 Å². The first kappa shape index (κ1) is 17.4. The SMILES string of the molecule is O=C1c2cc(C#Cc3ccccc3)c3ccccc3c2-n2c1nc1ccccc1c2=O. The summed E-state index contributed by atoms with van der Waals surface area (Å²) in [6.45, 7) is 0. The van der Waals surface area contributed by atoms with Crippen molar-refractivity contribution < 1.29 is 4.79 Å². The molecule has 6 rings (SSSR count). The first-order valence-electron chi connectivity index (χ1n) is 9.92. The van der Waals surface area contributed by atoms with Gasteiger partial charge in [0.25, 0.3) is 5.56 Å². The molecule has 1 aliphatic rings. The molecular weight excluding hydrogens is 384 g/mol. The van der Waals surface area contributed by atoms with Gasteiger partial charge in [-0.1, -0.05) is 66.4 Å². The Hall–Kier alpha value is -4.49. The summed E-state index contributed by atoms with van der Waals surface area (Å²) in [7, 11) is 0. The molecule has 2 heterocycles. The summed E-state index contributed by atoms with van der Waals surface area (Å²) < 4.78 is 1.46. The lowest BCUT2D eigenvalue weighted by Gasteiger charge is -2.10. The second-order valence-corrected chi connectivity index (χ2v) is 7.40. The number of nitrogens with zero attached hydrogens (tertiary/aromatic N) is 2. The zero-order valence-electron chi connectivity index (χ0n) is 16.3. The molecule has 0 spiro atoms. The Morgan fingerprint density at radius 1 is 0.710 bits per heavy atom. The Morgan fingerprint density at radius 2 is 1.39 bits per heavy atom. The van der Waals surface area contributed by atoms with Crippen LogP contribution in [0.4, 0.5) is 0 Å². The number of carbonyl (C=O) groups is 1. The Bertz CT molecular complexity index is 1670. The molecule has 0 bridgehead atoms. The van der Waals surface area contributed by atoms with Crippen molar-refractivity contribution in [2.75, 3.05) is 0 Å². The van der Waals surface area contributed by atoms with E-state index in [0.29, 0.717) is 22.2 Å². The third-order valence-electron chi connectivity index (χ3n) is 5.58. The Morgan fingerprint density at radius 3 is 2.19 bits per heavy atom. The lowest BCUT2D eigenvalue weighted by molar-refractivity contribution is 0.103. The molecule has 0 amide bonds. The van der Waals surface area contributed by atoms with Crippen LogP contribution in [0.1, 0.15) is 27.3 Å². The molecule has 0 saturated heterocycles. The van der Waals surface area contributed by atoms with Crippen molar-refractivity contribution in [1.29, 1.82) is 0 Å². The van der Waals surface area contributed by atoms with E-state index in [-0.39, 0.29) is 17.2 Å². The number of fused-ring (bicyclic) bond motifs is 6. The summed E-state index contributed by atoms with van der Waals surface area (Å²) in [5.41, 5.74) is 2.97. The fraction of sp³-hybridized carbons (Fsp3) is 0. The van der Waals surface area contributed by atoms with Crippen molar-refractivity contribution in [3.8, 4) is 17.5 Å². The van der Waals surface area contributed by atoms with Crippen molar-refractivity contribution in [1.82, 2.24) is 9.55 Å². The molecule has 144 valence electrons. The molecule has 4 nitrogen and oxygen atoms in total. The van der Waals surface area contributed by atoms with Gasteiger partial charge >= 0.3 is 0 Å². The maximum atomic E-state index is 13.3. The molecule has 1 aliphatic heterocycles. The highest BCUT2D eigenvalue weighted by Crippen LogP contribution is 2.35. The quantitative estimate of drug-likeness (QED) is 0.355. The molecule has 31 heavy (non-hydrogen) atoms. The smallest absolute Gasteiger partial charge is 0.266 e. The summed E-state index contributed by atoms with van der Waals surface area (Å²) in [6.07, 6.45) is 0. The van der Waals surface area contributed by atoms with Crippen LogP contribution in [0.5, 0.6) is 0 Å². The average Bonchev–Trinajstić information content (AvgIpc) is 3.10. The Balaban J connectivity index is 1.68. The highest BCUT2D eigenvalue weighted by molar-refractivity contribution is 6.18. The molecule has 5 aromatic rings. The van der Waals surface area contributed by atoms with Crippen LogP contribution < -0.4 is 5.56 Å². The normalized spacial score (nSPS) is 11.8. The molecule has 0 unspecified atom stereocenters. The van der Waals surface area contributed by atoms with Crippen LogP contribution in [0.3, 0.4) is 0 Å². The van der Waals surface area contributed by atoms with Crippen molar-refractivity contribution in [2.45, 2.75) is 0 Å². The van der Waals surface area contributed by atoms with Gasteiger partial charge in [0.1, 0.15) is 0 Å². The van der Waals surface area contributed by atoms with Crippen LogP contribution in [-0.4, -0.2) is 15.3 Å². The second-order valence-electron chi connectivity index (χ2n) is 7.40. The zero-order valence-corrected chi connectivity index (χ0v) is 16.3. The standard InChI is InChI=1S/C27H14N2O2/c30-25-22-16-18(15-14-17-8-2-1-3-9-17)19-10-4-5-11-20(19)24(22)29-26(25)28-23-13-7-6-12-21(23)27(29)31/h1-13,16H. The van der Waals surface area contributed by atoms with Crippen LogP contribution in [0.15, 0.2) is 89.7 Å². The summed E-state index contributed by atoms with van der Waals surface area (Å²) in [5, 5.41) is 2.19. The second kappa shape index (κ2) is 6.51. The number of rotatable bonds is 0. The van der Waals surface area contributed by atoms with Gasteiger partial charge in [0.05, 0.1) is 22.2 Å². The minimum absolute atomic E-state index is 0.150. The van der Waals surface area contributed by atoms with Crippen LogP contribution in [0.2, 0.25) is 0 Å². The van der Waals surface area contributed by atoms with E-state index in [2.05, 4.69) is 16.8 Å². The molecule has 0 aliphatic carbocycles. The van der Waals surface area contributed by atoms with Crippen LogP contribution >= 0.6 is 0 Å². The van der Waals surface area contributed by atoms with Gasteiger partial charge < -0.3 is 0 Å².